The maximum atomic E-state index is 13.1. The maximum absolute atomic E-state index is 13.1. The first-order valence-corrected chi connectivity index (χ1v) is 12.3. The average Bonchev–Trinajstić information content (AvgIpc) is 3.00. The molecular weight excluding hydrogens is 581 g/mol. The average molecular weight is 601 g/mol. The van der Waals surface area contributed by atoms with Crippen LogP contribution in [-0.4, -0.2) is 35.2 Å². The molecule has 0 spiro atoms. The van der Waals surface area contributed by atoms with Crippen molar-refractivity contribution in [1.29, 1.82) is 0 Å². The number of nitrogens with zero attached hydrogens (tertiary/aromatic N) is 1. The Morgan fingerprint density at radius 3 is 2.39 bits per heavy atom. The lowest BCUT2D eigenvalue weighted by molar-refractivity contribution is -0.147. The number of benzene rings is 2. The van der Waals surface area contributed by atoms with Crippen molar-refractivity contribution >= 4 is 66.8 Å². The number of carbonyl (C=O) groups is 3. The molecule has 0 bridgehead atoms. The normalized spacial score (nSPS) is 15.0. The molecule has 2 aromatic carbocycles. The monoisotopic (exact) mass is 599 g/mol. The van der Waals surface area contributed by atoms with Gasteiger partial charge in [-0.2, -0.15) is 0 Å². The van der Waals surface area contributed by atoms with Gasteiger partial charge >= 0.3 is 5.97 Å². The summed E-state index contributed by atoms with van der Waals surface area (Å²) < 4.78 is 25.2. The fourth-order valence-electron chi connectivity index (χ4n) is 2.76. The van der Waals surface area contributed by atoms with E-state index >= 15 is 0 Å². The Kier molecular flexibility index (Phi) is 8.72. The molecule has 0 radical (unpaired) electrons. The Morgan fingerprint density at radius 1 is 1.15 bits per heavy atom. The third-order valence-corrected chi connectivity index (χ3v) is 6.44. The van der Waals surface area contributed by atoms with Crippen LogP contribution < -0.4 is 4.74 Å². The van der Waals surface area contributed by atoms with Gasteiger partial charge in [-0.15, -0.1) is 0 Å². The predicted molar refractivity (Wildman–Crippen MR) is 131 cm³/mol. The van der Waals surface area contributed by atoms with Gasteiger partial charge in [0, 0.05) is 0 Å². The lowest BCUT2D eigenvalue weighted by atomic mass is 10.2. The molecule has 0 aliphatic carbocycles. The summed E-state index contributed by atoms with van der Waals surface area (Å²) in [6.45, 7) is 3.83. The lowest BCUT2D eigenvalue weighted by Crippen LogP contribution is -2.34. The molecule has 1 aliphatic rings. The Labute approximate surface area is 211 Å². The van der Waals surface area contributed by atoms with E-state index in [9.17, 15) is 18.8 Å². The standard InChI is InChI=1S/C23H20Br2FNO5S/c1-13(2)11-31-20(28)10-27-22(29)19(33-23(27)30)9-15-7-17(24)21(18(25)8-15)32-12-14-3-5-16(26)6-4-14/h3-9,13H,10-12H2,1-2H3/b19-9+. The van der Waals surface area contributed by atoms with Gasteiger partial charge in [0.2, 0.25) is 0 Å². The van der Waals surface area contributed by atoms with Gasteiger partial charge in [-0.3, -0.25) is 19.3 Å². The highest BCUT2D eigenvalue weighted by Gasteiger charge is 2.36. The number of esters is 1. The van der Waals surface area contributed by atoms with Crippen molar-refractivity contribution < 1.29 is 28.2 Å². The molecule has 2 aromatic rings. The molecule has 174 valence electrons. The topological polar surface area (TPSA) is 72.9 Å². The van der Waals surface area contributed by atoms with Crippen molar-refractivity contribution in [3.63, 3.8) is 0 Å². The van der Waals surface area contributed by atoms with Crippen molar-refractivity contribution in [2.45, 2.75) is 20.5 Å². The zero-order valence-corrected chi connectivity index (χ0v) is 21.8. The third-order valence-electron chi connectivity index (χ3n) is 4.35. The number of imide groups is 1. The molecule has 0 N–H and O–H groups in total. The van der Waals surface area contributed by atoms with Crippen molar-refractivity contribution in [2.75, 3.05) is 13.2 Å². The molecular formula is C23H20Br2FNO5S. The molecule has 1 saturated heterocycles. The minimum absolute atomic E-state index is 0.156. The Hall–Kier alpha value is -2.17. The molecule has 6 nitrogen and oxygen atoms in total. The molecule has 1 heterocycles. The number of thioether (sulfide) groups is 1. The van der Waals surface area contributed by atoms with Crippen LogP contribution in [0.5, 0.6) is 5.75 Å². The SMILES string of the molecule is CC(C)COC(=O)CN1C(=O)S/C(=C/c2cc(Br)c(OCc3ccc(F)cc3)c(Br)c2)C1=O. The Balaban J connectivity index is 1.70. The quantitative estimate of drug-likeness (QED) is 0.267. The van der Waals surface area contributed by atoms with Gasteiger partial charge in [0.25, 0.3) is 11.1 Å². The fraction of sp³-hybridized carbons (Fsp3) is 0.261. The first-order chi connectivity index (χ1) is 15.6. The second kappa shape index (κ2) is 11.3. The first-order valence-electron chi connectivity index (χ1n) is 9.91. The van der Waals surface area contributed by atoms with Crippen LogP contribution in [0.4, 0.5) is 9.18 Å². The highest BCUT2D eigenvalue weighted by molar-refractivity contribution is 9.11. The van der Waals surface area contributed by atoms with Crippen LogP contribution in [0.15, 0.2) is 50.2 Å². The highest BCUT2D eigenvalue weighted by atomic mass is 79.9. The molecule has 1 aliphatic heterocycles. The Bertz CT molecular complexity index is 1080. The molecule has 0 saturated carbocycles. The minimum Gasteiger partial charge on any atom is -0.487 e. The summed E-state index contributed by atoms with van der Waals surface area (Å²) in [5.74, 6) is -0.793. The van der Waals surface area contributed by atoms with E-state index in [0.717, 1.165) is 22.2 Å². The smallest absolute Gasteiger partial charge is 0.326 e. The van der Waals surface area contributed by atoms with E-state index in [1.165, 1.54) is 12.1 Å². The summed E-state index contributed by atoms with van der Waals surface area (Å²) >= 11 is 7.68. The lowest BCUT2D eigenvalue weighted by Gasteiger charge is -2.13. The second-order valence-corrected chi connectivity index (χ2v) is 10.3. The number of hydrogen-bond donors (Lipinski definition) is 0. The van der Waals surface area contributed by atoms with Gasteiger partial charge < -0.3 is 9.47 Å². The van der Waals surface area contributed by atoms with E-state index in [1.54, 1.807) is 30.3 Å². The summed E-state index contributed by atoms with van der Waals surface area (Å²) in [6.07, 6.45) is 1.57. The zero-order valence-electron chi connectivity index (χ0n) is 17.8. The van der Waals surface area contributed by atoms with Crippen molar-refractivity contribution in [1.82, 2.24) is 4.90 Å². The van der Waals surface area contributed by atoms with Crippen LogP contribution in [0, 0.1) is 11.7 Å². The molecule has 0 atom stereocenters. The van der Waals surface area contributed by atoms with E-state index in [4.69, 9.17) is 9.47 Å². The van der Waals surface area contributed by atoms with E-state index in [1.807, 2.05) is 13.8 Å². The number of halogens is 3. The van der Waals surface area contributed by atoms with E-state index in [0.29, 0.717) is 20.3 Å². The molecule has 10 heteroatoms. The van der Waals surface area contributed by atoms with E-state index < -0.39 is 23.7 Å². The molecule has 1 fully saturated rings. The highest BCUT2D eigenvalue weighted by Crippen LogP contribution is 2.38. The number of ether oxygens (including phenoxy) is 2. The number of hydrogen-bond acceptors (Lipinski definition) is 6. The van der Waals surface area contributed by atoms with Crippen molar-refractivity contribution in [2.24, 2.45) is 5.92 Å². The molecule has 3 rings (SSSR count). The number of rotatable bonds is 8. The van der Waals surface area contributed by atoms with Gasteiger partial charge in [-0.1, -0.05) is 26.0 Å². The molecule has 0 unspecified atom stereocenters. The van der Waals surface area contributed by atoms with Gasteiger partial charge in [0.1, 0.15) is 24.7 Å². The van der Waals surface area contributed by atoms with Crippen LogP contribution in [0.3, 0.4) is 0 Å². The first kappa shape index (κ1) is 25.5. The van der Waals surface area contributed by atoms with Crippen LogP contribution in [-0.2, 0) is 20.9 Å². The van der Waals surface area contributed by atoms with E-state index in [-0.39, 0.29) is 29.9 Å². The third kappa shape index (κ3) is 6.91. The van der Waals surface area contributed by atoms with Crippen molar-refractivity contribution in [3.05, 3.63) is 67.2 Å². The van der Waals surface area contributed by atoms with Gasteiger partial charge in [-0.05, 0) is 91.0 Å². The maximum Gasteiger partial charge on any atom is 0.326 e. The van der Waals surface area contributed by atoms with Crippen LogP contribution >= 0.6 is 43.6 Å². The summed E-state index contributed by atoms with van der Waals surface area (Å²) in [6, 6.07) is 9.50. The molecule has 0 aromatic heterocycles. The van der Waals surface area contributed by atoms with Crippen molar-refractivity contribution in [3.8, 4) is 5.75 Å². The summed E-state index contributed by atoms with van der Waals surface area (Å²) in [5, 5.41) is -0.523. The number of carbonyl (C=O) groups excluding carboxylic acids is 3. The largest absolute Gasteiger partial charge is 0.487 e. The van der Waals surface area contributed by atoms with Gasteiger partial charge in [-0.25, -0.2) is 4.39 Å². The molecule has 33 heavy (non-hydrogen) atoms. The van der Waals surface area contributed by atoms with Crippen LogP contribution in [0.2, 0.25) is 0 Å². The van der Waals surface area contributed by atoms with E-state index in [2.05, 4.69) is 31.9 Å². The fourth-order valence-corrected chi connectivity index (χ4v) is 5.05. The van der Waals surface area contributed by atoms with Gasteiger partial charge in [0.05, 0.1) is 20.5 Å². The van der Waals surface area contributed by atoms with Crippen LogP contribution in [0.1, 0.15) is 25.0 Å². The summed E-state index contributed by atoms with van der Waals surface area (Å²) in [7, 11) is 0. The zero-order chi connectivity index (χ0) is 24.1. The minimum atomic E-state index is -0.625. The summed E-state index contributed by atoms with van der Waals surface area (Å²) in [4.78, 5) is 37.9. The summed E-state index contributed by atoms with van der Waals surface area (Å²) in [5.41, 5.74) is 1.45. The predicted octanol–water partition coefficient (Wildman–Crippen LogP) is 6.17. The van der Waals surface area contributed by atoms with Gasteiger partial charge in [0.15, 0.2) is 0 Å². The Morgan fingerprint density at radius 2 is 1.79 bits per heavy atom. The number of amides is 2. The molecule has 2 amide bonds. The second-order valence-electron chi connectivity index (χ2n) is 7.57. The van der Waals surface area contributed by atoms with Crippen LogP contribution in [0.25, 0.3) is 6.08 Å².